The molecule has 0 aliphatic carbocycles. The van der Waals surface area contributed by atoms with Gasteiger partial charge in [-0.2, -0.15) is 13.2 Å². The zero-order valence-corrected chi connectivity index (χ0v) is 9.74. The Bertz CT molecular complexity index is 462. The highest BCUT2D eigenvalue weighted by Crippen LogP contribution is 2.36. The molecule has 18 heavy (non-hydrogen) atoms. The van der Waals surface area contributed by atoms with E-state index in [4.69, 9.17) is 0 Å². The van der Waals surface area contributed by atoms with Gasteiger partial charge in [-0.3, -0.25) is 4.79 Å². The van der Waals surface area contributed by atoms with Crippen LogP contribution in [0.1, 0.15) is 47.3 Å². The normalized spacial score (nSPS) is 12.0. The quantitative estimate of drug-likeness (QED) is 0.585. The highest BCUT2D eigenvalue weighted by Gasteiger charge is 2.36. The fraction of sp³-hybridized carbons (Fsp3) is 0.417. The Balaban J connectivity index is 3.63. The minimum atomic E-state index is -4.82. The van der Waals surface area contributed by atoms with Gasteiger partial charge in [0.2, 0.25) is 0 Å². The van der Waals surface area contributed by atoms with E-state index in [1.165, 1.54) is 6.92 Å². The Morgan fingerprint density at radius 1 is 1.28 bits per heavy atom. The van der Waals surface area contributed by atoms with E-state index in [1.54, 1.807) is 0 Å². The van der Waals surface area contributed by atoms with Crippen LogP contribution in [-0.2, 0) is 12.6 Å². The summed E-state index contributed by atoms with van der Waals surface area (Å²) >= 11 is 0. The second-order valence-electron chi connectivity index (χ2n) is 3.81. The fourth-order valence-electron chi connectivity index (χ4n) is 1.77. The number of hydrogen-bond donors (Lipinski definition) is 0. The lowest BCUT2D eigenvalue weighted by Crippen LogP contribution is -2.15. The number of hydrogen-bond acceptors (Lipinski definition) is 1. The third-order valence-electron chi connectivity index (χ3n) is 2.53. The standard InChI is InChI=1S/C12H11F5O/c1-3-7-4-8(11(13)14)5-9(12(15,16)17)10(7)6(2)18/h4-5,11H,3H2,1-2H3. The monoisotopic (exact) mass is 266 g/mol. The van der Waals surface area contributed by atoms with Gasteiger partial charge in [0, 0.05) is 11.1 Å². The van der Waals surface area contributed by atoms with Crippen molar-refractivity contribution in [3.63, 3.8) is 0 Å². The molecule has 0 unspecified atom stereocenters. The SMILES string of the molecule is CCc1cc(C(F)F)cc(C(F)(F)F)c1C(C)=O. The second kappa shape index (κ2) is 5.04. The van der Waals surface area contributed by atoms with Crippen molar-refractivity contribution in [3.05, 3.63) is 34.4 Å². The van der Waals surface area contributed by atoms with Crippen LogP contribution < -0.4 is 0 Å². The zero-order valence-electron chi connectivity index (χ0n) is 9.74. The summed E-state index contributed by atoms with van der Waals surface area (Å²) in [5.41, 5.74) is -2.53. The molecule has 6 heteroatoms. The van der Waals surface area contributed by atoms with Gasteiger partial charge in [-0.1, -0.05) is 6.92 Å². The Kier molecular flexibility index (Phi) is 4.09. The summed E-state index contributed by atoms with van der Waals surface area (Å²) in [5.74, 6) is -0.778. The molecule has 1 nitrogen and oxygen atoms in total. The molecule has 100 valence electrons. The first kappa shape index (κ1) is 14.6. The van der Waals surface area contributed by atoms with Crippen LogP contribution in [0.4, 0.5) is 22.0 Å². The number of benzene rings is 1. The van der Waals surface area contributed by atoms with Crippen LogP contribution >= 0.6 is 0 Å². The van der Waals surface area contributed by atoms with E-state index in [1.807, 2.05) is 0 Å². The Hall–Kier alpha value is -1.46. The molecule has 0 spiro atoms. The van der Waals surface area contributed by atoms with Gasteiger partial charge in [-0.25, -0.2) is 8.78 Å². The molecule has 0 aliphatic heterocycles. The number of rotatable bonds is 3. The molecule has 1 aromatic rings. The van der Waals surface area contributed by atoms with Gasteiger partial charge in [0.15, 0.2) is 5.78 Å². The molecule has 0 heterocycles. The maximum Gasteiger partial charge on any atom is 0.417 e. The summed E-state index contributed by atoms with van der Waals surface area (Å²) in [5, 5.41) is 0. The number of carbonyl (C=O) groups is 1. The lowest BCUT2D eigenvalue weighted by Gasteiger charge is -2.16. The van der Waals surface area contributed by atoms with E-state index < -0.39 is 35.1 Å². The molecule has 0 atom stereocenters. The van der Waals surface area contributed by atoms with Gasteiger partial charge in [-0.05, 0) is 31.0 Å². The van der Waals surface area contributed by atoms with Crippen LogP contribution in [0.25, 0.3) is 0 Å². The minimum Gasteiger partial charge on any atom is -0.294 e. The average Bonchev–Trinajstić information content (AvgIpc) is 2.25. The Labute approximate surface area is 101 Å². The Morgan fingerprint density at radius 3 is 2.17 bits per heavy atom. The average molecular weight is 266 g/mol. The van der Waals surface area contributed by atoms with Gasteiger partial charge in [0.05, 0.1) is 5.56 Å². The first-order valence-corrected chi connectivity index (χ1v) is 5.21. The lowest BCUT2D eigenvalue weighted by molar-refractivity contribution is -0.138. The molecule has 0 saturated carbocycles. The van der Waals surface area contributed by atoms with Crippen molar-refractivity contribution < 1.29 is 26.7 Å². The highest BCUT2D eigenvalue weighted by atomic mass is 19.4. The van der Waals surface area contributed by atoms with Crippen LogP contribution in [0.5, 0.6) is 0 Å². The highest BCUT2D eigenvalue weighted by molar-refractivity contribution is 5.97. The Morgan fingerprint density at radius 2 is 1.83 bits per heavy atom. The molecule has 0 radical (unpaired) electrons. The number of ketones is 1. The van der Waals surface area contributed by atoms with Gasteiger partial charge in [0.1, 0.15) is 0 Å². The molecule has 0 aromatic heterocycles. The molecule has 0 N–H and O–H groups in total. The van der Waals surface area contributed by atoms with Crippen molar-refractivity contribution in [1.29, 1.82) is 0 Å². The van der Waals surface area contributed by atoms with E-state index in [-0.39, 0.29) is 12.0 Å². The number of halogens is 5. The van der Waals surface area contributed by atoms with E-state index in [2.05, 4.69) is 0 Å². The minimum absolute atomic E-state index is 0.00683. The lowest BCUT2D eigenvalue weighted by atomic mass is 9.93. The van der Waals surface area contributed by atoms with Crippen molar-refractivity contribution >= 4 is 5.78 Å². The number of carbonyl (C=O) groups excluding carboxylic acids is 1. The fourth-order valence-corrected chi connectivity index (χ4v) is 1.77. The maximum atomic E-state index is 12.8. The number of alkyl halides is 5. The first-order valence-electron chi connectivity index (χ1n) is 5.21. The van der Waals surface area contributed by atoms with Crippen LogP contribution in [-0.4, -0.2) is 5.78 Å². The molecule has 1 aromatic carbocycles. The predicted octanol–water partition coefficient (Wildman–Crippen LogP) is 4.41. The summed E-state index contributed by atoms with van der Waals surface area (Å²) in [6.07, 6.45) is -7.74. The summed E-state index contributed by atoms with van der Waals surface area (Å²) in [7, 11) is 0. The van der Waals surface area contributed by atoms with Gasteiger partial charge in [0.25, 0.3) is 6.43 Å². The smallest absolute Gasteiger partial charge is 0.294 e. The third-order valence-corrected chi connectivity index (χ3v) is 2.53. The van der Waals surface area contributed by atoms with Crippen molar-refractivity contribution in [2.24, 2.45) is 0 Å². The maximum absolute atomic E-state index is 12.8. The number of aryl methyl sites for hydroxylation is 1. The summed E-state index contributed by atoms with van der Waals surface area (Å²) in [6, 6.07) is 1.30. The van der Waals surface area contributed by atoms with Crippen LogP contribution in [0.15, 0.2) is 12.1 Å². The molecule has 0 fully saturated rings. The second-order valence-corrected chi connectivity index (χ2v) is 3.81. The van der Waals surface area contributed by atoms with Crippen molar-refractivity contribution in [2.75, 3.05) is 0 Å². The number of Topliss-reactive ketones (excluding diaryl/α,β-unsaturated/α-hetero) is 1. The molecule has 0 bridgehead atoms. The van der Waals surface area contributed by atoms with E-state index in [9.17, 15) is 26.7 Å². The largest absolute Gasteiger partial charge is 0.417 e. The molecule has 0 saturated heterocycles. The van der Waals surface area contributed by atoms with Crippen LogP contribution in [0.3, 0.4) is 0 Å². The molecular formula is C12H11F5O. The zero-order chi connectivity index (χ0) is 14.1. The van der Waals surface area contributed by atoms with Crippen molar-refractivity contribution in [2.45, 2.75) is 32.9 Å². The van der Waals surface area contributed by atoms with E-state index in [0.29, 0.717) is 6.07 Å². The topological polar surface area (TPSA) is 17.1 Å². The van der Waals surface area contributed by atoms with Crippen LogP contribution in [0, 0.1) is 0 Å². The summed E-state index contributed by atoms with van der Waals surface area (Å²) < 4.78 is 63.4. The third kappa shape index (κ3) is 2.86. The molecular weight excluding hydrogens is 255 g/mol. The van der Waals surface area contributed by atoms with Crippen LogP contribution in [0.2, 0.25) is 0 Å². The molecule has 0 aliphatic rings. The van der Waals surface area contributed by atoms with E-state index >= 15 is 0 Å². The van der Waals surface area contributed by atoms with E-state index in [0.717, 1.165) is 13.0 Å². The first-order chi connectivity index (χ1) is 8.18. The van der Waals surface area contributed by atoms with Gasteiger partial charge in [-0.15, -0.1) is 0 Å². The summed E-state index contributed by atoms with van der Waals surface area (Å²) in [4.78, 5) is 11.3. The summed E-state index contributed by atoms with van der Waals surface area (Å²) in [6.45, 7) is 2.50. The molecule has 0 amide bonds. The molecule has 1 rings (SSSR count). The van der Waals surface area contributed by atoms with Gasteiger partial charge < -0.3 is 0 Å². The van der Waals surface area contributed by atoms with Gasteiger partial charge >= 0.3 is 6.18 Å². The predicted molar refractivity (Wildman–Crippen MR) is 55.8 cm³/mol. The van der Waals surface area contributed by atoms with Crippen molar-refractivity contribution in [3.8, 4) is 0 Å². The van der Waals surface area contributed by atoms with Crippen molar-refractivity contribution in [1.82, 2.24) is 0 Å².